The van der Waals surface area contributed by atoms with Crippen LogP contribution in [0.4, 0.5) is 4.39 Å². The number of aliphatic hydroxyl groups excluding tert-OH is 1. The first-order valence-corrected chi connectivity index (χ1v) is 3.72. The van der Waals surface area contributed by atoms with Crippen molar-refractivity contribution in [3.8, 4) is 0 Å². The fraction of sp³-hybridized carbons (Fsp3) is 0.200. The summed E-state index contributed by atoms with van der Waals surface area (Å²) in [7, 11) is 0. The Balaban J connectivity index is 3.12. The summed E-state index contributed by atoms with van der Waals surface area (Å²) >= 11 is 0. The lowest BCUT2D eigenvalue weighted by Gasteiger charge is -2.08. The number of benzene rings is 1. The van der Waals surface area contributed by atoms with Gasteiger partial charge in [0, 0.05) is 0 Å². The van der Waals surface area contributed by atoms with E-state index in [2.05, 4.69) is 6.58 Å². The van der Waals surface area contributed by atoms with Crippen molar-refractivity contribution in [3.05, 3.63) is 47.8 Å². The summed E-state index contributed by atoms with van der Waals surface area (Å²) < 4.78 is 12.7. The highest BCUT2D eigenvalue weighted by atomic mass is 19.1. The van der Waals surface area contributed by atoms with Gasteiger partial charge in [-0.15, -0.1) is 6.58 Å². The SMILES string of the molecule is C=CC(O)c1cc(F)ccc1C. The Hall–Kier alpha value is -1.15. The Bertz CT molecular complexity index is 294. The van der Waals surface area contributed by atoms with E-state index in [1.165, 1.54) is 18.2 Å². The molecule has 1 rings (SSSR count). The summed E-state index contributed by atoms with van der Waals surface area (Å²) in [5, 5.41) is 9.35. The first kappa shape index (κ1) is 8.94. The molecule has 1 nitrogen and oxygen atoms in total. The van der Waals surface area contributed by atoms with Crippen LogP contribution in [-0.2, 0) is 0 Å². The molecule has 0 aromatic heterocycles. The first-order chi connectivity index (χ1) is 5.65. The van der Waals surface area contributed by atoms with Gasteiger partial charge in [0.05, 0.1) is 6.10 Å². The molecule has 64 valence electrons. The van der Waals surface area contributed by atoms with Crippen LogP contribution in [0.5, 0.6) is 0 Å². The molecule has 0 spiro atoms. The molecule has 0 saturated carbocycles. The molecule has 0 aliphatic heterocycles. The van der Waals surface area contributed by atoms with E-state index in [1.54, 1.807) is 6.07 Å². The molecule has 0 aliphatic rings. The van der Waals surface area contributed by atoms with E-state index in [1.807, 2.05) is 6.92 Å². The predicted octanol–water partition coefficient (Wildman–Crippen LogP) is 2.35. The number of hydrogen-bond donors (Lipinski definition) is 1. The molecule has 12 heavy (non-hydrogen) atoms. The quantitative estimate of drug-likeness (QED) is 0.668. The third kappa shape index (κ3) is 1.71. The maximum Gasteiger partial charge on any atom is 0.123 e. The van der Waals surface area contributed by atoms with Crippen molar-refractivity contribution in [3.63, 3.8) is 0 Å². The lowest BCUT2D eigenvalue weighted by molar-refractivity contribution is 0.228. The number of aryl methyl sites for hydroxylation is 1. The summed E-state index contributed by atoms with van der Waals surface area (Å²) in [6.45, 7) is 5.26. The molecule has 2 heteroatoms. The average Bonchev–Trinajstić information content (AvgIpc) is 2.08. The van der Waals surface area contributed by atoms with Crippen LogP contribution in [-0.4, -0.2) is 5.11 Å². The summed E-state index contributed by atoms with van der Waals surface area (Å²) in [6, 6.07) is 4.33. The van der Waals surface area contributed by atoms with Crippen molar-refractivity contribution in [2.75, 3.05) is 0 Å². The van der Waals surface area contributed by atoms with E-state index in [0.29, 0.717) is 5.56 Å². The van der Waals surface area contributed by atoms with E-state index in [4.69, 9.17) is 0 Å². The Morgan fingerprint density at radius 1 is 1.58 bits per heavy atom. The topological polar surface area (TPSA) is 20.2 Å². The van der Waals surface area contributed by atoms with Crippen LogP contribution in [0.2, 0.25) is 0 Å². The summed E-state index contributed by atoms with van der Waals surface area (Å²) in [5.74, 6) is -0.337. The fourth-order valence-electron chi connectivity index (χ4n) is 1.06. The molecule has 0 aliphatic carbocycles. The van der Waals surface area contributed by atoms with Crippen molar-refractivity contribution < 1.29 is 9.50 Å². The van der Waals surface area contributed by atoms with Crippen molar-refractivity contribution in [1.82, 2.24) is 0 Å². The van der Waals surface area contributed by atoms with Gasteiger partial charge in [-0.25, -0.2) is 4.39 Å². The molecular formula is C10H11FO. The molecule has 1 N–H and O–H groups in total. The minimum atomic E-state index is -0.777. The monoisotopic (exact) mass is 166 g/mol. The summed E-state index contributed by atoms with van der Waals surface area (Å²) in [4.78, 5) is 0. The number of rotatable bonds is 2. The zero-order chi connectivity index (χ0) is 9.14. The highest BCUT2D eigenvalue weighted by Crippen LogP contribution is 2.18. The van der Waals surface area contributed by atoms with E-state index in [9.17, 15) is 9.50 Å². The normalized spacial score (nSPS) is 12.6. The van der Waals surface area contributed by atoms with Crippen molar-refractivity contribution in [2.45, 2.75) is 13.0 Å². The van der Waals surface area contributed by atoms with E-state index in [-0.39, 0.29) is 5.82 Å². The van der Waals surface area contributed by atoms with Gasteiger partial charge in [0.15, 0.2) is 0 Å². The summed E-state index contributed by atoms with van der Waals surface area (Å²) in [5.41, 5.74) is 1.44. The van der Waals surface area contributed by atoms with Crippen LogP contribution in [0.25, 0.3) is 0 Å². The Labute approximate surface area is 71.2 Å². The third-order valence-corrected chi connectivity index (χ3v) is 1.78. The predicted molar refractivity (Wildman–Crippen MR) is 46.3 cm³/mol. The highest BCUT2D eigenvalue weighted by Gasteiger charge is 2.06. The zero-order valence-corrected chi connectivity index (χ0v) is 6.92. The maximum atomic E-state index is 12.7. The van der Waals surface area contributed by atoms with Gasteiger partial charge in [-0.3, -0.25) is 0 Å². The minimum absolute atomic E-state index is 0.337. The molecule has 0 amide bonds. The highest BCUT2D eigenvalue weighted by molar-refractivity contribution is 5.30. The Morgan fingerprint density at radius 3 is 2.83 bits per heavy atom. The minimum Gasteiger partial charge on any atom is -0.384 e. The number of hydrogen-bond acceptors (Lipinski definition) is 1. The molecule has 1 unspecified atom stereocenters. The van der Waals surface area contributed by atoms with Crippen molar-refractivity contribution >= 4 is 0 Å². The maximum absolute atomic E-state index is 12.7. The largest absolute Gasteiger partial charge is 0.384 e. The van der Waals surface area contributed by atoms with E-state index < -0.39 is 6.10 Å². The average molecular weight is 166 g/mol. The van der Waals surface area contributed by atoms with Crippen LogP contribution >= 0.6 is 0 Å². The molecular weight excluding hydrogens is 155 g/mol. The smallest absolute Gasteiger partial charge is 0.123 e. The van der Waals surface area contributed by atoms with E-state index in [0.717, 1.165) is 5.56 Å². The molecule has 1 aromatic rings. The third-order valence-electron chi connectivity index (χ3n) is 1.78. The zero-order valence-electron chi connectivity index (χ0n) is 6.92. The van der Waals surface area contributed by atoms with Gasteiger partial charge in [-0.05, 0) is 30.2 Å². The molecule has 0 heterocycles. The summed E-state index contributed by atoms with van der Waals surface area (Å²) in [6.07, 6.45) is 0.600. The standard InChI is InChI=1S/C10H11FO/c1-3-10(12)9-6-8(11)5-4-7(9)2/h3-6,10,12H,1H2,2H3. The molecule has 0 saturated heterocycles. The number of halogens is 1. The number of aliphatic hydroxyl groups is 1. The van der Waals surface area contributed by atoms with Crippen LogP contribution in [0.15, 0.2) is 30.9 Å². The second-order valence-electron chi connectivity index (χ2n) is 2.68. The second kappa shape index (κ2) is 3.50. The Kier molecular flexibility index (Phi) is 2.61. The van der Waals surface area contributed by atoms with Crippen LogP contribution in [0.3, 0.4) is 0 Å². The van der Waals surface area contributed by atoms with Crippen molar-refractivity contribution in [2.24, 2.45) is 0 Å². The van der Waals surface area contributed by atoms with Crippen LogP contribution in [0.1, 0.15) is 17.2 Å². The lowest BCUT2D eigenvalue weighted by atomic mass is 10.0. The van der Waals surface area contributed by atoms with Crippen molar-refractivity contribution in [1.29, 1.82) is 0 Å². The fourth-order valence-corrected chi connectivity index (χ4v) is 1.06. The molecule has 1 aromatic carbocycles. The van der Waals surface area contributed by atoms with Gasteiger partial charge in [-0.1, -0.05) is 12.1 Å². The van der Waals surface area contributed by atoms with Crippen LogP contribution in [0, 0.1) is 12.7 Å². The Morgan fingerprint density at radius 2 is 2.25 bits per heavy atom. The van der Waals surface area contributed by atoms with Gasteiger partial charge >= 0.3 is 0 Å². The molecule has 0 radical (unpaired) electrons. The second-order valence-corrected chi connectivity index (χ2v) is 2.68. The first-order valence-electron chi connectivity index (χ1n) is 3.72. The molecule has 0 fully saturated rings. The van der Waals surface area contributed by atoms with E-state index >= 15 is 0 Å². The van der Waals surface area contributed by atoms with Gasteiger partial charge < -0.3 is 5.11 Å². The van der Waals surface area contributed by atoms with Crippen LogP contribution < -0.4 is 0 Å². The van der Waals surface area contributed by atoms with Gasteiger partial charge in [-0.2, -0.15) is 0 Å². The lowest BCUT2D eigenvalue weighted by Crippen LogP contribution is -1.96. The molecule has 0 bridgehead atoms. The molecule has 1 atom stereocenters. The van der Waals surface area contributed by atoms with Gasteiger partial charge in [0.2, 0.25) is 0 Å². The van der Waals surface area contributed by atoms with Gasteiger partial charge in [0.25, 0.3) is 0 Å². The van der Waals surface area contributed by atoms with Gasteiger partial charge in [0.1, 0.15) is 5.82 Å².